The molecule has 1 heterocycles. The molecule has 2 aromatic rings. The minimum atomic E-state index is -0.454. The van der Waals surface area contributed by atoms with Gasteiger partial charge < -0.3 is 10.7 Å². The van der Waals surface area contributed by atoms with E-state index in [1.165, 1.54) is 12.1 Å². The predicted octanol–water partition coefficient (Wildman–Crippen LogP) is 2.45. The van der Waals surface area contributed by atoms with Crippen molar-refractivity contribution in [3.63, 3.8) is 0 Å². The van der Waals surface area contributed by atoms with E-state index in [-0.39, 0.29) is 5.69 Å². The Morgan fingerprint density at radius 2 is 2.10 bits per heavy atom. The lowest BCUT2D eigenvalue weighted by Crippen LogP contribution is -2.09. The molecule has 110 valence electrons. The van der Waals surface area contributed by atoms with Crippen LogP contribution >= 0.6 is 0 Å². The van der Waals surface area contributed by atoms with Gasteiger partial charge in [0.05, 0.1) is 22.8 Å². The number of aromatic nitrogens is 1. The van der Waals surface area contributed by atoms with Gasteiger partial charge in [0.25, 0.3) is 5.69 Å². The summed E-state index contributed by atoms with van der Waals surface area (Å²) < 4.78 is 0. The number of nitrogen functional groups attached to an aromatic ring is 1. The van der Waals surface area contributed by atoms with Crippen molar-refractivity contribution in [3.8, 4) is 0 Å². The number of non-ortho nitro benzene ring substituents is 1. The molecule has 0 aliphatic rings. The zero-order valence-electron chi connectivity index (χ0n) is 11.7. The molecule has 0 aliphatic carbocycles. The number of nitrogens with one attached hydrogen (secondary N) is 2. The summed E-state index contributed by atoms with van der Waals surface area (Å²) in [6, 6.07) is 8.47. The van der Waals surface area contributed by atoms with Crippen LogP contribution in [0.25, 0.3) is 0 Å². The molecule has 0 atom stereocenters. The van der Waals surface area contributed by atoms with E-state index >= 15 is 0 Å². The number of hydrogen-bond donors (Lipinski definition) is 3. The fourth-order valence-corrected chi connectivity index (χ4v) is 2.04. The highest BCUT2D eigenvalue weighted by atomic mass is 16.6. The lowest BCUT2D eigenvalue weighted by molar-refractivity contribution is -0.384. The molecular weight excluding hydrogens is 270 g/mol. The molecule has 7 nitrogen and oxygen atoms in total. The number of rotatable bonds is 6. The maximum Gasteiger partial charge on any atom is 0.273 e. The Morgan fingerprint density at radius 1 is 1.33 bits per heavy atom. The Hall–Kier alpha value is -2.67. The second-order valence-electron chi connectivity index (χ2n) is 4.49. The summed E-state index contributed by atoms with van der Waals surface area (Å²) in [7, 11) is 0. The van der Waals surface area contributed by atoms with Crippen LogP contribution in [0.1, 0.15) is 18.2 Å². The lowest BCUT2D eigenvalue weighted by atomic mass is 10.1. The van der Waals surface area contributed by atoms with Crippen LogP contribution in [-0.4, -0.2) is 9.91 Å². The maximum absolute atomic E-state index is 10.9. The minimum absolute atomic E-state index is 0.0234. The number of hydrogen-bond acceptors (Lipinski definition) is 6. The summed E-state index contributed by atoms with van der Waals surface area (Å²) in [5.74, 6) is 5.33. The second-order valence-corrected chi connectivity index (χ2v) is 4.49. The maximum atomic E-state index is 10.9. The first-order chi connectivity index (χ1) is 10.1. The van der Waals surface area contributed by atoms with Gasteiger partial charge in [-0.1, -0.05) is 13.0 Å². The molecule has 1 aromatic heterocycles. The number of nitro groups is 1. The van der Waals surface area contributed by atoms with E-state index in [4.69, 9.17) is 5.84 Å². The third kappa shape index (κ3) is 3.67. The first-order valence-corrected chi connectivity index (χ1v) is 6.56. The summed E-state index contributed by atoms with van der Waals surface area (Å²) in [6.07, 6.45) is 2.62. The summed E-state index contributed by atoms with van der Waals surface area (Å²) in [6.45, 7) is 2.56. The Bertz CT molecular complexity index is 645. The molecule has 1 aromatic carbocycles. The van der Waals surface area contributed by atoms with E-state index in [1.807, 2.05) is 12.1 Å². The van der Waals surface area contributed by atoms with Crippen molar-refractivity contribution < 1.29 is 4.92 Å². The molecule has 7 heteroatoms. The van der Waals surface area contributed by atoms with E-state index in [9.17, 15) is 10.1 Å². The van der Waals surface area contributed by atoms with E-state index in [0.717, 1.165) is 17.7 Å². The standard InChI is InChI=1S/C14H17N5O2/c1-2-10-4-3-5-16-14(10)9-17-11-6-12(18-15)8-13(7-11)19(20)21/h3-8,17-18H,2,9,15H2,1H3. The minimum Gasteiger partial charge on any atom is -0.379 e. The summed E-state index contributed by atoms with van der Waals surface area (Å²) in [4.78, 5) is 14.8. The second kappa shape index (κ2) is 6.67. The van der Waals surface area contributed by atoms with Gasteiger partial charge >= 0.3 is 0 Å². The van der Waals surface area contributed by atoms with Crippen LogP contribution in [0, 0.1) is 10.1 Å². The highest BCUT2D eigenvalue weighted by Crippen LogP contribution is 2.24. The van der Waals surface area contributed by atoms with Crippen molar-refractivity contribution in [2.45, 2.75) is 19.9 Å². The molecule has 0 saturated heterocycles. The Balaban J connectivity index is 2.19. The molecule has 0 bridgehead atoms. The van der Waals surface area contributed by atoms with E-state index in [1.54, 1.807) is 12.3 Å². The number of aryl methyl sites for hydroxylation is 1. The molecule has 4 N–H and O–H groups in total. The first kappa shape index (κ1) is 14.7. The fraction of sp³-hybridized carbons (Fsp3) is 0.214. The van der Waals surface area contributed by atoms with Crippen molar-refractivity contribution in [3.05, 3.63) is 57.9 Å². The van der Waals surface area contributed by atoms with Crippen LogP contribution in [0.15, 0.2) is 36.5 Å². The molecule has 0 fully saturated rings. The Morgan fingerprint density at radius 3 is 2.76 bits per heavy atom. The summed E-state index contributed by atoms with van der Waals surface area (Å²) >= 11 is 0. The average Bonchev–Trinajstić information content (AvgIpc) is 2.52. The van der Waals surface area contributed by atoms with Gasteiger partial charge in [0, 0.05) is 24.0 Å². The van der Waals surface area contributed by atoms with Gasteiger partial charge in [-0.2, -0.15) is 0 Å². The number of anilines is 2. The SMILES string of the molecule is CCc1cccnc1CNc1cc(NN)cc([N+](=O)[O-])c1. The van der Waals surface area contributed by atoms with Crippen LogP contribution in [0.2, 0.25) is 0 Å². The molecule has 0 unspecified atom stereocenters. The first-order valence-electron chi connectivity index (χ1n) is 6.56. The van der Waals surface area contributed by atoms with Gasteiger partial charge in [-0.25, -0.2) is 0 Å². The fourth-order valence-electron chi connectivity index (χ4n) is 2.04. The topological polar surface area (TPSA) is 106 Å². The quantitative estimate of drug-likeness (QED) is 0.428. The largest absolute Gasteiger partial charge is 0.379 e. The Kier molecular flexibility index (Phi) is 4.68. The number of nitro benzene ring substituents is 1. The molecular formula is C14H17N5O2. The lowest BCUT2D eigenvalue weighted by Gasteiger charge is -2.10. The van der Waals surface area contributed by atoms with Gasteiger partial charge in [0.2, 0.25) is 0 Å². The molecule has 0 amide bonds. The number of hydrazine groups is 1. The number of nitrogens with two attached hydrogens (primary N) is 1. The summed E-state index contributed by atoms with van der Waals surface area (Å²) in [5.41, 5.74) is 5.56. The highest BCUT2D eigenvalue weighted by molar-refractivity contribution is 5.63. The Labute approximate surface area is 122 Å². The van der Waals surface area contributed by atoms with Gasteiger partial charge in [0.15, 0.2) is 0 Å². The number of benzene rings is 1. The number of pyridine rings is 1. The molecule has 21 heavy (non-hydrogen) atoms. The predicted molar refractivity (Wildman–Crippen MR) is 81.8 cm³/mol. The van der Waals surface area contributed by atoms with Gasteiger partial charge in [-0.15, -0.1) is 0 Å². The van der Waals surface area contributed by atoms with Crippen molar-refractivity contribution in [1.82, 2.24) is 4.98 Å². The van der Waals surface area contributed by atoms with Crippen LogP contribution in [0.5, 0.6) is 0 Å². The monoisotopic (exact) mass is 287 g/mol. The normalized spacial score (nSPS) is 10.2. The van der Waals surface area contributed by atoms with Crippen molar-refractivity contribution >= 4 is 17.1 Å². The van der Waals surface area contributed by atoms with Crippen LogP contribution < -0.4 is 16.6 Å². The molecule has 0 radical (unpaired) electrons. The third-order valence-electron chi connectivity index (χ3n) is 3.12. The summed E-state index contributed by atoms with van der Waals surface area (Å²) in [5, 5.41) is 14.0. The van der Waals surface area contributed by atoms with Crippen molar-refractivity contribution in [1.29, 1.82) is 0 Å². The highest BCUT2D eigenvalue weighted by Gasteiger charge is 2.10. The van der Waals surface area contributed by atoms with Crippen LogP contribution in [0.4, 0.5) is 17.1 Å². The van der Waals surface area contributed by atoms with E-state index in [2.05, 4.69) is 22.7 Å². The molecule has 0 aliphatic heterocycles. The van der Waals surface area contributed by atoms with Crippen molar-refractivity contribution in [2.75, 3.05) is 10.7 Å². The van der Waals surface area contributed by atoms with Gasteiger partial charge in [-0.3, -0.25) is 20.9 Å². The van der Waals surface area contributed by atoms with E-state index in [0.29, 0.717) is 17.9 Å². The molecule has 0 spiro atoms. The molecule has 0 saturated carbocycles. The molecule has 2 rings (SSSR count). The van der Waals surface area contributed by atoms with Gasteiger partial charge in [0.1, 0.15) is 0 Å². The van der Waals surface area contributed by atoms with Crippen LogP contribution in [0.3, 0.4) is 0 Å². The zero-order valence-corrected chi connectivity index (χ0v) is 11.7. The zero-order chi connectivity index (χ0) is 15.2. The van der Waals surface area contributed by atoms with Gasteiger partial charge in [-0.05, 0) is 24.1 Å². The third-order valence-corrected chi connectivity index (χ3v) is 3.12. The smallest absolute Gasteiger partial charge is 0.273 e. The average molecular weight is 287 g/mol. The number of nitrogens with zero attached hydrogens (tertiary/aromatic N) is 2. The van der Waals surface area contributed by atoms with Crippen LogP contribution in [-0.2, 0) is 13.0 Å². The van der Waals surface area contributed by atoms with Crippen molar-refractivity contribution in [2.24, 2.45) is 5.84 Å². The van der Waals surface area contributed by atoms with E-state index < -0.39 is 4.92 Å².